The standard InChI is InChI=1S/C18H20FN3O4/c1-17(2,3)22(16(25)26)14(12(20)9-23)8-18(19)11-6-4-5-7-13(11)21-15(18)10-24/h4-7,14,21H,8,20H2,1-3H3,(H,25,26). The van der Waals surface area contributed by atoms with E-state index in [1.54, 1.807) is 39.0 Å². The van der Waals surface area contributed by atoms with Crippen molar-refractivity contribution in [1.82, 2.24) is 4.90 Å². The van der Waals surface area contributed by atoms with E-state index < -0.39 is 35.5 Å². The number of fused-ring (bicyclic) bond motifs is 1. The number of allylic oxidation sites excluding steroid dienone is 1. The number of alkyl halides is 1. The van der Waals surface area contributed by atoms with Gasteiger partial charge in [-0.05, 0) is 26.8 Å². The molecule has 1 aromatic rings. The zero-order chi connectivity index (χ0) is 19.7. The van der Waals surface area contributed by atoms with Gasteiger partial charge in [-0.1, -0.05) is 18.2 Å². The molecule has 1 aliphatic heterocycles. The lowest BCUT2D eigenvalue weighted by molar-refractivity contribution is 0.0581. The van der Waals surface area contributed by atoms with Crippen molar-refractivity contribution in [3.63, 3.8) is 0 Å². The van der Waals surface area contributed by atoms with Crippen LogP contribution in [0.25, 0.3) is 0 Å². The minimum atomic E-state index is -2.37. The van der Waals surface area contributed by atoms with Crippen molar-refractivity contribution in [2.45, 2.75) is 44.4 Å². The van der Waals surface area contributed by atoms with Crippen molar-refractivity contribution in [2.75, 3.05) is 5.32 Å². The molecule has 26 heavy (non-hydrogen) atoms. The molecular formula is C18H20FN3O4. The van der Waals surface area contributed by atoms with Gasteiger partial charge in [0.1, 0.15) is 23.3 Å². The van der Waals surface area contributed by atoms with Gasteiger partial charge in [-0.15, -0.1) is 0 Å². The number of para-hydroxylation sites is 1. The molecule has 0 saturated carbocycles. The molecule has 8 heteroatoms. The van der Waals surface area contributed by atoms with Gasteiger partial charge in [0.05, 0.1) is 6.04 Å². The van der Waals surface area contributed by atoms with E-state index in [0.29, 0.717) is 5.69 Å². The van der Waals surface area contributed by atoms with E-state index in [4.69, 9.17) is 5.73 Å². The van der Waals surface area contributed by atoms with Crippen molar-refractivity contribution < 1.29 is 23.9 Å². The number of benzene rings is 1. The molecule has 0 aromatic heterocycles. The van der Waals surface area contributed by atoms with Crippen molar-refractivity contribution >= 4 is 23.7 Å². The highest BCUT2D eigenvalue weighted by Gasteiger charge is 2.50. The van der Waals surface area contributed by atoms with E-state index in [9.17, 15) is 19.5 Å². The van der Waals surface area contributed by atoms with E-state index in [2.05, 4.69) is 5.32 Å². The minimum Gasteiger partial charge on any atom is -0.465 e. The molecule has 1 aromatic carbocycles. The van der Waals surface area contributed by atoms with E-state index >= 15 is 4.39 Å². The summed E-state index contributed by atoms with van der Waals surface area (Å²) in [4.78, 5) is 35.1. The summed E-state index contributed by atoms with van der Waals surface area (Å²) in [5.74, 6) is 3.00. The van der Waals surface area contributed by atoms with Gasteiger partial charge >= 0.3 is 6.09 Å². The molecule has 2 atom stereocenters. The van der Waals surface area contributed by atoms with Gasteiger partial charge in [0, 0.05) is 23.2 Å². The normalized spacial score (nSPS) is 19.6. The number of amides is 1. The molecule has 1 amide bonds. The molecule has 0 aliphatic carbocycles. The quantitative estimate of drug-likeness (QED) is 0.709. The second-order valence-corrected chi connectivity index (χ2v) is 7.05. The SMILES string of the molecule is CC(C)(C)N(C(=O)O)C(CC1(F)C(=C=O)Nc2ccccc21)C(N)=C=O. The topological polar surface area (TPSA) is 113 Å². The summed E-state index contributed by atoms with van der Waals surface area (Å²) in [6.07, 6.45) is -1.94. The van der Waals surface area contributed by atoms with Crippen LogP contribution in [0.4, 0.5) is 14.9 Å². The first-order valence-electron chi connectivity index (χ1n) is 7.90. The fourth-order valence-corrected chi connectivity index (χ4v) is 3.19. The van der Waals surface area contributed by atoms with Crippen LogP contribution in [-0.4, -0.2) is 39.6 Å². The number of nitrogens with zero attached hydrogens (tertiary/aromatic N) is 1. The molecule has 1 aliphatic rings. The molecule has 7 nitrogen and oxygen atoms in total. The van der Waals surface area contributed by atoms with E-state index in [-0.39, 0.29) is 11.3 Å². The van der Waals surface area contributed by atoms with Crippen molar-refractivity contribution in [3.05, 3.63) is 41.2 Å². The largest absolute Gasteiger partial charge is 0.465 e. The fourth-order valence-electron chi connectivity index (χ4n) is 3.19. The van der Waals surface area contributed by atoms with Gasteiger partial charge in [-0.2, -0.15) is 0 Å². The lowest BCUT2D eigenvalue weighted by atomic mass is 9.86. The van der Waals surface area contributed by atoms with Crippen LogP contribution in [0.5, 0.6) is 0 Å². The molecule has 0 radical (unpaired) electrons. The highest BCUT2D eigenvalue weighted by Crippen LogP contribution is 2.48. The molecule has 4 N–H and O–H groups in total. The van der Waals surface area contributed by atoms with E-state index in [1.807, 2.05) is 0 Å². The van der Waals surface area contributed by atoms with Crippen LogP contribution in [0.3, 0.4) is 0 Å². The molecule has 2 rings (SSSR count). The first-order chi connectivity index (χ1) is 12.1. The smallest absolute Gasteiger partial charge is 0.408 e. The molecule has 138 valence electrons. The third kappa shape index (κ3) is 3.20. The maximum absolute atomic E-state index is 15.9. The average molecular weight is 361 g/mol. The first kappa shape index (κ1) is 19.2. The summed E-state index contributed by atoms with van der Waals surface area (Å²) in [6.45, 7) is 4.78. The number of nitrogens with one attached hydrogen (secondary N) is 1. The predicted molar refractivity (Wildman–Crippen MR) is 93.5 cm³/mol. The Morgan fingerprint density at radius 1 is 1.38 bits per heavy atom. The summed E-state index contributed by atoms with van der Waals surface area (Å²) in [5, 5.41) is 12.3. The summed E-state index contributed by atoms with van der Waals surface area (Å²) < 4.78 is 15.9. The third-order valence-corrected chi connectivity index (χ3v) is 4.30. The van der Waals surface area contributed by atoms with Gasteiger partial charge < -0.3 is 16.2 Å². The monoisotopic (exact) mass is 361 g/mol. The number of halogens is 1. The third-order valence-electron chi connectivity index (χ3n) is 4.30. The van der Waals surface area contributed by atoms with Crippen LogP contribution >= 0.6 is 0 Å². The summed E-state index contributed by atoms with van der Waals surface area (Å²) in [5.41, 5.74) is 2.01. The first-order valence-corrected chi connectivity index (χ1v) is 7.90. The van der Waals surface area contributed by atoms with Crippen LogP contribution in [-0.2, 0) is 15.3 Å². The summed E-state index contributed by atoms with van der Waals surface area (Å²) >= 11 is 0. The highest BCUT2D eigenvalue weighted by molar-refractivity contribution is 5.76. The zero-order valence-corrected chi connectivity index (χ0v) is 14.7. The van der Waals surface area contributed by atoms with E-state index in [1.165, 1.54) is 17.9 Å². The Labute approximate surface area is 150 Å². The van der Waals surface area contributed by atoms with Crippen LogP contribution < -0.4 is 11.1 Å². The Balaban J connectivity index is 2.60. The number of rotatable bonds is 4. The highest BCUT2D eigenvalue weighted by atomic mass is 19.1. The maximum Gasteiger partial charge on any atom is 0.408 e. The van der Waals surface area contributed by atoms with Crippen molar-refractivity contribution in [1.29, 1.82) is 0 Å². The number of hydrogen-bond donors (Lipinski definition) is 3. The second-order valence-electron chi connectivity index (χ2n) is 7.05. The molecule has 0 saturated heterocycles. The Kier molecular flexibility index (Phi) is 4.94. The maximum atomic E-state index is 15.9. The van der Waals surface area contributed by atoms with Crippen molar-refractivity contribution in [3.8, 4) is 0 Å². The molecule has 0 spiro atoms. The van der Waals surface area contributed by atoms with Gasteiger partial charge in [0.15, 0.2) is 5.67 Å². The number of hydrogen-bond acceptors (Lipinski definition) is 5. The number of carbonyl (C=O) groups is 1. The number of carboxylic acid groups (broad SMARTS) is 1. The zero-order valence-electron chi connectivity index (χ0n) is 14.7. The van der Waals surface area contributed by atoms with Crippen LogP contribution in [0.2, 0.25) is 0 Å². The Bertz CT molecular complexity index is 835. The number of anilines is 1. The van der Waals surface area contributed by atoms with Crippen LogP contribution in [0, 0.1) is 0 Å². The van der Waals surface area contributed by atoms with Gasteiger partial charge in [0.2, 0.25) is 0 Å². The fraction of sp³-hybridized carbons (Fsp3) is 0.389. The molecular weight excluding hydrogens is 341 g/mol. The Morgan fingerprint density at radius 3 is 2.50 bits per heavy atom. The van der Waals surface area contributed by atoms with Crippen LogP contribution in [0.15, 0.2) is 35.7 Å². The predicted octanol–water partition coefficient (Wildman–Crippen LogP) is 2.20. The molecule has 1 heterocycles. The van der Waals surface area contributed by atoms with Crippen LogP contribution in [0.1, 0.15) is 32.8 Å². The second kappa shape index (κ2) is 6.67. The Hall–Kier alpha value is -3.08. The molecule has 0 fully saturated rings. The average Bonchev–Trinajstić information content (AvgIpc) is 2.84. The number of nitrogens with two attached hydrogens (primary N) is 1. The Morgan fingerprint density at radius 2 is 2.00 bits per heavy atom. The summed E-state index contributed by atoms with van der Waals surface area (Å²) in [7, 11) is 0. The lowest BCUT2D eigenvalue weighted by Gasteiger charge is -2.40. The summed E-state index contributed by atoms with van der Waals surface area (Å²) in [6, 6.07) is 4.99. The number of carbonyl (C=O) groups excluding carboxylic acids is 2. The minimum absolute atomic E-state index is 0.154. The molecule has 0 bridgehead atoms. The van der Waals surface area contributed by atoms with Gasteiger partial charge in [0.25, 0.3) is 0 Å². The van der Waals surface area contributed by atoms with Gasteiger partial charge in [-0.3, -0.25) is 4.90 Å². The van der Waals surface area contributed by atoms with Gasteiger partial charge in [-0.25, -0.2) is 18.8 Å². The van der Waals surface area contributed by atoms with E-state index in [0.717, 1.165) is 4.90 Å². The lowest BCUT2D eigenvalue weighted by Crippen LogP contribution is -2.54. The molecule has 2 unspecified atom stereocenters. The van der Waals surface area contributed by atoms with Crippen molar-refractivity contribution in [2.24, 2.45) is 5.73 Å².